The molecule has 2 N–H and O–H groups in total. The summed E-state index contributed by atoms with van der Waals surface area (Å²) in [6.07, 6.45) is 1.69. The first-order valence-corrected chi connectivity index (χ1v) is 10.2. The molecule has 1 aliphatic rings. The van der Waals surface area contributed by atoms with Crippen LogP contribution in [0.25, 0.3) is 0 Å². The van der Waals surface area contributed by atoms with Gasteiger partial charge in [0.15, 0.2) is 5.01 Å². The fourth-order valence-electron chi connectivity index (χ4n) is 2.63. The molecule has 1 atom stereocenters. The zero-order valence-electron chi connectivity index (χ0n) is 13.5. The lowest BCUT2D eigenvalue weighted by atomic mass is 10.0. The van der Waals surface area contributed by atoms with Gasteiger partial charge < -0.3 is 5.32 Å². The molecular weight excluding hydrogens is 360 g/mol. The van der Waals surface area contributed by atoms with Gasteiger partial charge in [-0.1, -0.05) is 30.3 Å². The summed E-state index contributed by atoms with van der Waals surface area (Å²) in [4.78, 5) is 16.7. The third kappa shape index (κ3) is 4.71. The predicted molar refractivity (Wildman–Crippen MR) is 95.7 cm³/mol. The van der Waals surface area contributed by atoms with E-state index in [4.69, 9.17) is 0 Å². The number of nitrogens with one attached hydrogen (secondary N) is 2. The molecule has 1 aliphatic heterocycles. The maximum Gasteiger partial charge on any atom is 0.280 e. The molecule has 1 radical (unpaired) electrons. The molecule has 0 aliphatic carbocycles. The lowest BCUT2D eigenvalue weighted by Crippen LogP contribution is -2.54. The number of ketones is 1. The Morgan fingerprint density at radius 3 is 2.68 bits per heavy atom. The van der Waals surface area contributed by atoms with Crippen molar-refractivity contribution in [3.63, 3.8) is 0 Å². The summed E-state index contributed by atoms with van der Waals surface area (Å²) in [6, 6.07) is 8.43. The number of thiazole rings is 1. The van der Waals surface area contributed by atoms with Crippen molar-refractivity contribution in [2.24, 2.45) is 0 Å². The lowest BCUT2D eigenvalue weighted by molar-refractivity contribution is 0.0951. The van der Waals surface area contributed by atoms with Crippen LogP contribution in [0.15, 0.2) is 36.5 Å². The Hall–Kier alpha value is -1.65. The first kappa shape index (κ1) is 18.2. The molecule has 2 aromatic rings. The third-order valence-electron chi connectivity index (χ3n) is 3.91. The molecule has 1 aromatic carbocycles. The van der Waals surface area contributed by atoms with E-state index in [9.17, 15) is 13.2 Å². The van der Waals surface area contributed by atoms with Gasteiger partial charge in [-0.05, 0) is 12.0 Å². The predicted octanol–water partition coefficient (Wildman–Crippen LogP) is 0.477. The smallest absolute Gasteiger partial charge is 0.280 e. The van der Waals surface area contributed by atoms with Gasteiger partial charge in [0.2, 0.25) is 5.78 Å². The Bertz CT molecular complexity index is 788. The number of hydrogen-bond donors (Lipinski definition) is 2. The van der Waals surface area contributed by atoms with Gasteiger partial charge in [-0.2, -0.15) is 17.4 Å². The first-order valence-electron chi connectivity index (χ1n) is 7.94. The monoisotopic (exact) mass is 379 g/mol. The van der Waals surface area contributed by atoms with Crippen molar-refractivity contribution in [1.82, 2.24) is 19.3 Å². The van der Waals surface area contributed by atoms with Crippen LogP contribution >= 0.6 is 11.3 Å². The largest absolute Gasteiger partial charge is 0.314 e. The average molecular weight is 379 g/mol. The highest BCUT2D eigenvalue weighted by Crippen LogP contribution is 2.13. The molecule has 1 aromatic heterocycles. The second-order valence-corrected chi connectivity index (χ2v) is 8.19. The van der Waals surface area contributed by atoms with E-state index in [0.29, 0.717) is 26.2 Å². The average Bonchev–Trinajstić information content (AvgIpc) is 3.17. The minimum absolute atomic E-state index is 0.254. The fraction of sp³-hybridized carbons (Fsp3) is 0.375. The summed E-state index contributed by atoms with van der Waals surface area (Å²) in [5.74, 6) is -0.339. The molecule has 0 saturated carbocycles. The minimum atomic E-state index is -3.75. The maximum atomic E-state index is 12.7. The van der Waals surface area contributed by atoms with Gasteiger partial charge in [-0.3, -0.25) is 4.79 Å². The summed E-state index contributed by atoms with van der Waals surface area (Å²) in [7, 11) is -3.75. The molecule has 9 heteroatoms. The van der Waals surface area contributed by atoms with E-state index < -0.39 is 16.3 Å². The Labute approximate surface area is 151 Å². The van der Waals surface area contributed by atoms with E-state index in [0.717, 1.165) is 16.9 Å². The number of rotatable bonds is 7. The van der Waals surface area contributed by atoms with Crippen LogP contribution in [0.5, 0.6) is 0 Å². The van der Waals surface area contributed by atoms with Crippen molar-refractivity contribution in [2.75, 3.05) is 26.2 Å². The second kappa shape index (κ2) is 8.15. The van der Waals surface area contributed by atoms with Crippen LogP contribution in [0.2, 0.25) is 0 Å². The summed E-state index contributed by atoms with van der Waals surface area (Å²) >= 11 is 1.09. The number of hydrogen-bond acceptors (Lipinski definition) is 6. The van der Waals surface area contributed by atoms with E-state index >= 15 is 0 Å². The molecule has 2 heterocycles. The Kier molecular flexibility index (Phi) is 5.92. The SMILES string of the molecule is O=C(c1nc[c]s1)[C@H](Cc1ccccc1)NS(=O)(=O)N1CCNCC1. The number of piperazine rings is 1. The van der Waals surface area contributed by atoms with E-state index in [-0.39, 0.29) is 17.2 Å². The van der Waals surface area contributed by atoms with Gasteiger partial charge >= 0.3 is 0 Å². The molecule has 0 spiro atoms. The quantitative estimate of drug-likeness (QED) is 0.683. The number of carbonyl (C=O) groups is 1. The van der Waals surface area contributed by atoms with Crippen LogP contribution in [-0.2, 0) is 16.6 Å². The summed E-state index contributed by atoms with van der Waals surface area (Å²) in [5.41, 5.74) is 0.879. The minimum Gasteiger partial charge on any atom is -0.314 e. The number of aromatic nitrogens is 1. The van der Waals surface area contributed by atoms with E-state index in [1.165, 1.54) is 10.5 Å². The van der Waals surface area contributed by atoms with Crippen LogP contribution in [0.1, 0.15) is 15.4 Å². The Morgan fingerprint density at radius 2 is 2.04 bits per heavy atom. The normalized spacial score (nSPS) is 17.3. The van der Waals surface area contributed by atoms with E-state index in [1.54, 1.807) is 0 Å². The molecular formula is C16H19N4O3S2. The molecule has 1 fully saturated rings. The molecule has 1 saturated heterocycles. The Morgan fingerprint density at radius 1 is 1.32 bits per heavy atom. The molecule has 7 nitrogen and oxygen atoms in total. The molecule has 133 valence electrons. The number of nitrogens with zero attached hydrogens (tertiary/aromatic N) is 2. The standard InChI is InChI=1S/C16H19N4O3S2/c21-15(16-18-8-11-24-16)14(12-13-4-2-1-3-5-13)19-25(22,23)20-9-6-17-7-10-20/h1-5,8,14,17,19H,6-7,9-10,12H2/t14-/m0/s1. The zero-order chi connectivity index (χ0) is 17.7. The maximum absolute atomic E-state index is 12.7. The van der Waals surface area contributed by atoms with Crippen molar-refractivity contribution < 1.29 is 13.2 Å². The number of benzene rings is 1. The van der Waals surface area contributed by atoms with Crippen molar-refractivity contribution >= 4 is 27.3 Å². The highest BCUT2D eigenvalue weighted by molar-refractivity contribution is 7.87. The van der Waals surface area contributed by atoms with Gasteiger partial charge in [0.05, 0.1) is 11.4 Å². The van der Waals surface area contributed by atoms with Crippen LogP contribution in [0.4, 0.5) is 0 Å². The zero-order valence-corrected chi connectivity index (χ0v) is 15.1. The molecule has 0 unspecified atom stereocenters. The van der Waals surface area contributed by atoms with E-state index in [1.807, 2.05) is 30.3 Å². The van der Waals surface area contributed by atoms with Crippen molar-refractivity contribution in [3.8, 4) is 0 Å². The van der Waals surface area contributed by atoms with Crippen molar-refractivity contribution in [1.29, 1.82) is 0 Å². The fourth-order valence-corrected chi connectivity index (χ4v) is 4.56. The molecule has 0 bridgehead atoms. The summed E-state index contributed by atoms with van der Waals surface area (Å²) in [6.45, 7) is 1.96. The van der Waals surface area contributed by atoms with Gasteiger partial charge in [-0.25, -0.2) is 4.98 Å². The van der Waals surface area contributed by atoms with Crippen molar-refractivity contribution in [2.45, 2.75) is 12.5 Å². The van der Waals surface area contributed by atoms with Crippen LogP contribution < -0.4 is 10.0 Å². The second-order valence-electron chi connectivity index (χ2n) is 5.66. The number of Topliss-reactive ketones (excluding diaryl/α,β-unsaturated/α-hetero) is 1. The van der Waals surface area contributed by atoms with Gasteiger partial charge in [0.25, 0.3) is 10.2 Å². The van der Waals surface area contributed by atoms with Gasteiger partial charge in [0, 0.05) is 32.4 Å². The summed E-state index contributed by atoms with van der Waals surface area (Å²) < 4.78 is 29.3. The third-order valence-corrected chi connectivity index (χ3v) is 6.26. The van der Waals surface area contributed by atoms with E-state index in [2.05, 4.69) is 20.4 Å². The van der Waals surface area contributed by atoms with Gasteiger partial charge in [-0.15, -0.1) is 11.3 Å². The first-order chi connectivity index (χ1) is 12.1. The number of carbonyl (C=O) groups excluding carboxylic acids is 1. The molecule has 3 rings (SSSR count). The topological polar surface area (TPSA) is 91.4 Å². The lowest BCUT2D eigenvalue weighted by Gasteiger charge is -2.28. The Balaban J connectivity index is 1.81. The van der Waals surface area contributed by atoms with Crippen LogP contribution in [-0.4, -0.2) is 55.7 Å². The van der Waals surface area contributed by atoms with Gasteiger partial charge in [0.1, 0.15) is 0 Å². The van der Waals surface area contributed by atoms with Crippen LogP contribution in [0.3, 0.4) is 0 Å². The molecule has 25 heavy (non-hydrogen) atoms. The summed E-state index contributed by atoms with van der Waals surface area (Å²) in [5, 5.41) is 6.13. The van der Waals surface area contributed by atoms with Crippen LogP contribution in [0, 0.1) is 5.38 Å². The van der Waals surface area contributed by atoms with Crippen molar-refractivity contribution in [3.05, 3.63) is 52.5 Å². The highest BCUT2D eigenvalue weighted by Gasteiger charge is 2.31. The highest BCUT2D eigenvalue weighted by atomic mass is 32.2. The molecule has 0 amide bonds.